The molecule has 110 valence electrons. The van der Waals surface area contributed by atoms with Gasteiger partial charge in [-0.3, -0.25) is 0 Å². The Morgan fingerprint density at radius 3 is 2.84 bits per heavy atom. The van der Waals surface area contributed by atoms with Gasteiger partial charge in [-0.25, -0.2) is 0 Å². The highest BCUT2D eigenvalue weighted by Crippen LogP contribution is 2.41. The van der Waals surface area contributed by atoms with Gasteiger partial charge in [-0.2, -0.15) is 0 Å². The quantitative estimate of drug-likeness (QED) is 0.475. The summed E-state index contributed by atoms with van der Waals surface area (Å²) in [6, 6.07) is 0.694. The van der Waals surface area contributed by atoms with Crippen molar-refractivity contribution in [3.63, 3.8) is 0 Å². The van der Waals surface area contributed by atoms with Crippen LogP contribution in [0.15, 0.2) is 12.7 Å². The number of allylic oxidation sites excluding steroid dienone is 1. The van der Waals surface area contributed by atoms with E-state index in [1.807, 2.05) is 6.08 Å². The lowest BCUT2D eigenvalue weighted by atomic mass is 9.81. The highest BCUT2D eigenvalue weighted by Gasteiger charge is 2.43. The molecule has 19 heavy (non-hydrogen) atoms. The van der Waals surface area contributed by atoms with Gasteiger partial charge in [0.2, 0.25) is 0 Å². The monoisotopic (exact) mass is 265 g/mol. The summed E-state index contributed by atoms with van der Waals surface area (Å²) in [6.07, 6.45) is 14.8. The van der Waals surface area contributed by atoms with E-state index in [0.717, 1.165) is 12.5 Å². The van der Waals surface area contributed by atoms with Crippen LogP contribution in [0, 0.1) is 5.92 Å². The third-order valence-corrected chi connectivity index (χ3v) is 4.75. The van der Waals surface area contributed by atoms with E-state index < -0.39 is 0 Å². The van der Waals surface area contributed by atoms with Crippen LogP contribution in [0.25, 0.3) is 0 Å². The van der Waals surface area contributed by atoms with Crippen molar-refractivity contribution in [1.29, 1.82) is 0 Å². The molecule has 0 saturated carbocycles. The average Bonchev–Trinajstić information content (AvgIpc) is 3.04. The van der Waals surface area contributed by atoms with Crippen LogP contribution >= 0.6 is 0 Å². The summed E-state index contributed by atoms with van der Waals surface area (Å²) < 4.78 is 6.04. The molecule has 2 heteroatoms. The lowest BCUT2D eigenvalue weighted by molar-refractivity contribution is 0.0847. The first-order chi connectivity index (χ1) is 9.35. The standard InChI is InChI=1S/C17H31NO/c1-3-5-6-7-8-9-16(18-12-4-2)15-13-14-10-11-17(15)19-14/h3,14-18H,1,4-13H2,2H3. The molecular formula is C17H31NO. The number of nitrogens with one attached hydrogen (secondary N) is 1. The first-order valence-corrected chi connectivity index (χ1v) is 8.35. The maximum absolute atomic E-state index is 6.04. The van der Waals surface area contributed by atoms with Gasteiger partial charge in [-0.15, -0.1) is 6.58 Å². The van der Waals surface area contributed by atoms with E-state index >= 15 is 0 Å². The topological polar surface area (TPSA) is 21.3 Å². The zero-order chi connectivity index (χ0) is 13.5. The van der Waals surface area contributed by atoms with Gasteiger partial charge in [0.25, 0.3) is 0 Å². The first-order valence-electron chi connectivity index (χ1n) is 8.35. The molecule has 0 radical (unpaired) electrons. The summed E-state index contributed by atoms with van der Waals surface area (Å²) >= 11 is 0. The smallest absolute Gasteiger partial charge is 0.0623 e. The minimum Gasteiger partial charge on any atom is -0.375 e. The maximum atomic E-state index is 6.04. The zero-order valence-electron chi connectivity index (χ0n) is 12.6. The van der Waals surface area contributed by atoms with Crippen LogP contribution in [-0.4, -0.2) is 24.8 Å². The molecule has 2 bridgehead atoms. The van der Waals surface area contributed by atoms with Crippen molar-refractivity contribution < 1.29 is 4.74 Å². The van der Waals surface area contributed by atoms with E-state index in [-0.39, 0.29) is 0 Å². The van der Waals surface area contributed by atoms with Gasteiger partial charge in [-0.1, -0.05) is 25.8 Å². The third-order valence-electron chi connectivity index (χ3n) is 4.75. The lowest BCUT2D eigenvalue weighted by Crippen LogP contribution is -2.41. The number of hydrogen-bond acceptors (Lipinski definition) is 2. The van der Waals surface area contributed by atoms with E-state index in [2.05, 4.69) is 18.8 Å². The van der Waals surface area contributed by atoms with Crippen molar-refractivity contribution in [3.05, 3.63) is 12.7 Å². The summed E-state index contributed by atoms with van der Waals surface area (Å²) in [5.74, 6) is 0.782. The van der Waals surface area contributed by atoms with Gasteiger partial charge < -0.3 is 10.1 Å². The molecule has 2 aliphatic heterocycles. The lowest BCUT2D eigenvalue weighted by Gasteiger charge is -2.29. The van der Waals surface area contributed by atoms with Crippen molar-refractivity contribution in [2.75, 3.05) is 6.54 Å². The van der Waals surface area contributed by atoms with E-state index in [9.17, 15) is 0 Å². The predicted molar refractivity (Wildman–Crippen MR) is 81.4 cm³/mol. The molecule has 0 amide bonds. The largest absolute Gasteiger partial charge is 0.375 e. The van der Waals surface area contributed by atoms with E-state index in [4.69, 9.17) is 4.74 Å². The second kappa shape index (κ2) is 8.06. The average molecular weight is 265 g/mol. The zero-order valence-corrected chi connectivity index (χ0v) is 12.6. The highest BCUT2D eigenvalue weighted by atomic mass is 16.5. The maximum Gasteiger partial charge on any atom is 0.0623 e. The molecule has 2 fully saturated rings. The van der Waals surface area contributed by atoms with Crippen LogP contribution in [0.1, 0.15) is 64.7 Å². The fourth-order valence-electron chi connectivity index (χ4n) is 3.73. The molecule has 2 nitrogen and oxygen atoms in total. The van der Waals surface area contributed by atoms with Crippen molar-refractivity contribution in [1.82, 2.24) is 5.32 Å². The molecule has 1 N–H and O–H groups in total. The van der Waals surface area contributed by atoms with Gasteiger partial charge in [0.1, 0.15) is 0 Å². The van der Waals surface area contributed by atoms with Gasteiger partial charge in [0, 0.05) is 12.0 Å². The summed E-state index contributed by atoms with van der Waals surface area (Å²) in [5.41, 5.74) is 0. The number of hydrogen-bond donors (Lipinski definition) is 1. The van der Waals surface area contributed by atoms with Crippen molar-refractivity contribution >= 4 is 0 Å². The Labute approximate surface area is 119 Å². The minimum absolute atomic E-state index is 0.563. The van der Waals surface area contributed by atoms with Crippen molar-refractivity contribution in [2.24, 2.45) is 5.92 Å². The van der Waals surface area contributed by atoms with Crippen LogP contribution in [0.4, 0.5) is 0 Å². The fourth-order valence-corrected chi connectivity index (χ4v) is 3.73. The van der Waals surface area contributed by atoms with Crippen LogP contribution in [0.5, 0.6) is 0 Å². The van der Waals surface area contributed by atoms with Gasteiger partial charge in [-0.05, 0) is 51.5 Å². The van der Waals surface area contributed by atoms with Crippen molar-refractivity contribution in [3.8, 4) is 0 Å². The highest BCUT2D eigenvalue weighted by molar-refractivity contribution is 4.95. The van der Waals surface area contributed by atoms with Crippen LogP contribution in [0.2, 0.25) is 0 Å². The number of fused-ring (bicyclic) bond motifs is 2. The molecule has 2 heterocycles. The number of ether oxygens (including phenoxy) is 1. The van der Waals surface area contributed by atoms with E-state index in [1.165, 1.54) is 57.8 Å². The summed E-state index contributed by atoms with van der Waals surface area (Å²) in [5, 5.41) is 3.79. The summed E-state index contributed by atoms with van der Waals surface area (Å²) in [4.78, 5) is 0. The van der Waals surface area contributed by atoms with Crippen LogP contribution in [-0.2, 0) is 4.74 Å². The molecule has 0 aliphatic carbocycles. The predicted octanol–water partition coefficient (Wildman–Crippen LogP) is 4.06. The molecule has 0 aromatic carbocycles. The SMILES string of the molecule is C=CCCCCCC(NCCC)C1CC2CCC1O2. The van der Waals surface area contributed by atoms with Gasteiger partial charge >= 0.3 is 0 Å². The van der Waals surface area contributed by atoms with Gasteiger partial charge in [0.05, 0.1) is 12.2 Å². The molecular weight excluding hydrogens is 234 g/mol. The number of rotatable bonds is 10. The Morgan fingerprint density at radius 2 is 2.21 bits per heavy atom. The third kappa shape index (κ3) is 4.32. The van der Waals surface area contributed by atoms with E-state index in [1.54, 1.807) is 0 Å². The van der Waals surface area contributed by atoms with E-state index in [0.29, 0.717) is 18.2 Å². The molecule has 0 aromatic rings. The molecule has 2 saturated heterocycles. The second-order valence-electron chi connectivity index (χ2n) is 6.26. The fraction of sp³-hybridized carbons (Fsp3) is 0.882. The normalized spacial score (nSPS) is 30.7. The Bertz CT molecular complexity index is 266. The summed E-state index contributed by atoms with van der Waals surface area (Å²) in [6.45, 7) is 7.21. The van der Waals surface area contributed by atoms with Crippen LogP contribution in [0.3, 0.4) is 0 Å². The Kier molecular flexibility index (Phi) is 6.39. The number of unbranched alkanes of at least 4 members (excludes halogenated alkanes) is 3. The minimum atomic E-state index is 0.563. The Balaban J connectivity index is 1.73. The molecule has 4 atom stereocenters. The molecule has 4 unspecified atom stereocenters. The molecule has 2 aliphatic rings. The first kappa shape index (κ1) is 15.1. The Hall–Kier alpha value is -0.340. The molecule has 0 aromatic heterocycles. The Morgan fingerprint density at radius 1 is 1.32 bits per heavy atom. The molecule has 2 rings (SSSR count). The van der Waals surface area contributed by atoms with Crippen LogP contribution < -0.4 is 5.32 Å². The van der Waals surface area contributed by atoms with Gasteiger partial charge in [0.15, 0.2) is 0 Å². The molecule has 0 spiro atoms. The second-order valence-corrected chi connectivity index (χ2v) is 6.26. The van der Waals surface area contributed by atoms with Crippen molar-refractivity contribution in [2.45, 2.75) is 83.0 Å². The summed E-state index contributed by atoms with van der Waals surface area (Å²) in [7, 11) is 0.